The molecule has 1 aromatic rings. The van der Waals surface area contributed by atoms with Crippen molar-refractivity contribution < 1.29 is 8.76 Å². The molecule has 82 valence electrons. The van der Waals surface area contributed by atoms with Gasteiger partial charge in [-0.25, -0.2) is 4.21 Å². The van der Waals surface area contributed by atoms with Crippen LogP contribution in [-0.2, 0) is 23.3 Å². The summed E-state index contributed by atoms with van der Waals surface area (Å²) in [6.45, 7) is 2.09. The van der Waals surface area contributed by atoms with E-state index in [9.17, 15) is 4.21 Å². The Morgan fingerprint density at radius 3 is 2.73 bits per heavy atom. The van der Waals surface area contributed by atoms with Gasteiger partial charge in [0.15, 0.2) is 11.1 Å². The van der Waals surface area contributed by atoms with Gasteiger partial charge in [0, 0.05) is 0 Å². The number of hydrogen-bond donors (Lipinski definition) is 1. The molecule has 1 aromatic carbocycles. The van der Waals surface area contributed by atoms with Gasteiger partial charge in [-0.15, -0.1) is 0 Å². The third-order valence-corrected chi connectivity index (χ3v) is 3.51. The van der Waals surface area contributed by atoms with Crippen LogP contribution in [0.5, 0.6) is 0 Å². The third-order valence-electron chi connectivity index (χ3n) is 2.98. The van der Waals surface area contributed by atoms with E-state index in [1.165, 1.54) is 24.0 Å². The summed E-state index contributed by atoms with van der Waals surface area (Å²) in [6, 6.07) is 6.24. The van der Waals surface area contributed by atoms with Crippen LogP contribution >= 0.6 is 0 Å². The fourth-order valence-electron chi connectivity index (χ4n) is 2.06. The highest BCUT2D eigenvalue weighted by Crippen LogP contribution is 2.42. The molecule has 1 aliphatic carbocycles. The van der Waals surface area contributed by atoms with Crippen molar-refractivity contribution in [2.45, 2.75) is 37.9 Å². The Bertz CT molecular complexity index is 383. The molecule has 1 fully saturated rings. The number of hydrogen-bond acceptors (Lipinski definition) is 1. The molecule has 2 nitrogen and oxygen atoms in total. The highest BCUT2D eigenvalue weighted by atomic mass is 32.2. The maximum absolute atomic E-state index is 10.9. The number of rotatable bonds is 4. The molecule has 1 N–H and O–H groups in total. The van der Waals surface area contributed by atoms with Crippen LogP contribution in [-0.4, -0.2) is 8.76 Å². The monoisotopic (exact) mass is 224 g/mol. The van der Waals surface area contributed by atoms with Crippen LogP contribution in [0.3, 0.4) is 0 Å². The molecular formula is C12H16O2S. The van der Waals surface area contributed by atoms with Crippen molar-refractivity contribution in [2.24, 2.45) is 0 Å². The standard InChI is InChI=1S/C12H16O2S/c1-2-9-4-3-5-11(10-6-7-10)12(9)8-15(13)14/h3-5,10H,2,6-8H2,1H3,(H,13,14). The molecule has 15 heavy (non-hydrogen) atoms. The average molecular weight is 224 g/mol. The van der Waals surface area contributed by atoms with Gasteiger partial charge in [-0.1, -0.05) is 25.1 Å². The molecule has 1 atom stereocenters. The fourth-order valence-corrected chi connectivity index (χ4v) is 2.66. The van der Waals surface area contributed by atoms with Gasteiger partial charge >= 0.3 is 0 Å². The number of benzene rings is 1. The van der Waals surface area contributed by atoms with Crippen LogP contribution in [0.15, 0.2) is 18.2 Å². The molecule has 0 heterocycles. The SMILES string of the molecule is CCc1cccc(C2CC2)c1CS(=O)O. The van der Waals surface area contributed by atoms with Crippen molar-refractivity contribution in [3.05, 3.63) is 34.9 Å². The predicted octanol–water partition coefficient (Wildman–Crippen LogP) is 2.85. The van der Waals surface area contributed by atoms with E-state index in [4.69, 9.17) is 4.55 Å². The Morgan fingerprint density at radius 2 is 2.20 bits per heavy atom. The van der Waals surface area contributed by atoms with Gasteiger partial charge in [0.1, 0.15) is 0 Å². The van der Waals surface area contributed by atoms with Crippen molar-refractivity contribution >= 4 is 11.1 Å². The molecule has 0 radical (unpaired) electrons. The highest BCUT2D eigenvalue weighted by Gasteiger charge is 2.26. The molecule has 0 bridgehead atoms. The van der Waals surface area contributed by atoms with Gasteiger partial charge in [0.2, 0.25) is 0 Å². The van der Waals surface area contributed by atoms with Crippen LogP contribution in [0.4, 0.5) is 0 Å². The Morgan fingerprint density at radius 1 is 1.47 bits per heavy atom. The lowest BCUT2D eigenvalue weighted by Crippen LogP contribution is -2.02. The third kappa shape index (κ3) is 2.47. The maximum atomic E-state index is 10.9. The summed E-state index contributed by atoms with van der Waals surface area (Å²) in [5.41, 5.74) is 3.64. The summed E-state index contributed by atoms with van der Waals surface area (Å²) in [5.74, 6) is 0.936. The molecule has 0 spiro atoms. The predicted molar refractivity (Wildman–Crippen MR) is 62.3 cm³/mol. The van der Waals surface area contributed by atoms with Crippen molar-refractivity contribution in [1.82, 2.24) is 0 Å². The van der Waals surface area contributed by atoms with Crippen LogP contribution in [0.25, 0.3) is 0 Å². The van der Waals surface area contributed by atoms with Gasteiger partial charge in [0.25, 0.3) is 0 Å². The van der Waals surface area contributed by atoms with E-state index >= 15 is 0 Å². The minimum Gasteiger partial charge on any atom is -0.306 e. The molecular weight excluding hydrogens is 208 g/mol. The van der Waals surface area contributed by atoms with E-state index in [2.05, 4.69) is 25.1 Å². The van der Waals surface area contributed by atoms with Gasteiger partial charge in [0.05, 0.1) is 5.75 Å². The largest absolute Gasteiger partial charge is 0.306 e. The second kappa shape index (κ2) is 4.45. The van der Waals surface area contributed by atoms with Crippen LogP contribution in [0, 0.1) is 0 Å². The first-order chi connectivity index (χ1) is 7.22. The van der Waals surface area contributed by atoms with E-state index in [1.54, 1.807) is 0 Å². The molecule has 2 rings (SSSR count). The molecule has 0 amide bonds. The Labute approximate surface area is 93.0 Å². The summed E-state index contributed by atoms with van der Waals surface area (Å²) >= 11 is -1.73. The number of aryl methyl sites for hydroxylation is 1. The minimum absolute atomic E-state index is 0.288. The summed E-state index contributed by atoms with van der Waals surface area (Å²) < 4.78 is 20.0. The Hall–Kier alpha value is -0.670. The van der Waals surface area contributed by atoms with Gasteiger partial charge < -0.3 is 4.55 Å². The molecule has 1 aliphatic rings. The summed E-state index contributed by atoms with van der Waals surface area (Å²) in [7, 11) is 0. The van der Waals surface area contributed by atoms with Crippen LogP contribution in [0.2, 0.25) is 0 Å². The average Bonchev–Trinajstić information content (AvgIpc) is 3.01. The lowest BCUT2D eigenvalue weighted by atomic mass is 9.97. The topological polar surface area (TPSA) is 37.3 Å². The molecule has 0 aromatic heterocycles. The maximum Gasteiger partial charge on any atom is 0.157 e. The highest BCUT2D eigenvalue weighted by molar-refractivity contribution is 7.78. The quantitative estimate of drug-likeness (QED) is 0.798. The minimum atomic E-state index is -1.73. The molecule has 0 aliphatic heterocycles. The second-order valence-electron chi connectivity index (χ2n) is 4.08. The van der Waals surface area contributed by atoms with Crippen molar-refractivity contribution in [3.63, 3.8) is 0 Å². The Kier molecular flexibility index (Phi) is 3.22. The summed E-state index contributed by atoms with van der Waals surface area (Å²) in [6.07, 6.45) is 3.41. The zero-order valence-electron chi connectivity index (χ0n) is 8.90. The molecule has 0 saturated heterocycles. The van der Waals surface area contributed by atoms with Crippen molar-refractivity contribution in [2.75, 3.05) is 0 Å². The molecule has 3 heteroatoms. The van der Waals surface area contributed by atoms with Crippen molar-refractivity contribution in [3.8, 4) is 0 Å². The van der Waals surface area contributed by atoms with Crippen LogP contribution in [0.1, 0.15) is 42.4 Å². The zero-order chi connectivity index (χ0) is 10.8. The first-order valence-corrected chi connectivity index (χ1v) is 6.68. The fraction of sp³-hybridized carbons (Fsp3) is 0.500. The molecule has 1 saturated carbocycles. The first kappa shape index (κ1) is 10.8. The summed E-state index contributed by atoms with van der Waals surface area (Å²) in [5, 5.41) is 0. The lowest BCUT2D eigenvalue weighted by Gasteiger charge is -2.11. The van der Waals surface area contributed by atoms with Gasteiger partial charge in [-0.05, 0) is 41.9 Å². The lowest BCUT2D eigenvalue weighted by molar-refractivity contribution is 0.563. The van der Waals surface area contributed by atoms with Crippen LogP contribution < -0.4 is 0 Å². The normalized spacial score (nSPS) is 17.7. The van der Waals surface area contributed by atoms with E-state index in [0.29, 0.717) is 5.92 Å². The zero-order valence-corrected chi connectivity index (χ0v) is 9.72. The van der Waals surface area contributed by atoms with E-state index < -0.39 is 11.1 Å². The summed E-state index contributed by atoms with van der Waals surface area (Å²) in [4.78, 5) is 0. The van der Waals surface area contributed by atoms with Crippen molar-refractivity contribution in [1.29, 1.82) is 0 Å². The van der Waals surface area contributed by atoms with Gasteiger partial charge in [-0.2, -0.15) is 0 Å². The van der Waals surface area contributed by atoms with Gasteiger partial charge in [-0.3, -0.25) is 0 Å². The molecule has 1 unspecified atom stereocenters. The second-order valence-corrected chi connectivity index (χ2v) is 5.01. The first-order valence-electron chi connectivity index (χ1n) is 5.40. The van der Waals surface area contributed by atoms with E-state index in [0.717, 1.165) is 12.0 Å². The van der Waals surface area contributed by atoms with E-state index in [-0.39, 0.29) is 5.75 Å². The Balaban J connectivity index is 2.39. The smallest absolute Gasteiger partial charge is 0.157 e. The van der Waals surface area contributed by atoms with E-state index in [1.807, 2.05) is 0 Å².